The van der Waals surface area contributed by atoms with Crippen LogP contribution in [-0.2, 0) is 20.4 Å². The fourth-order valence-electron chi connectivity index (χ4n) is 6.65. The molecule has 234 valence electrons. The third kappa shape index (κ3) is 4.57. The number of benzene rings is 3. The molecule has 2 aliphatic heterocycles. The molecule has 1 saturated heterocycles. The first kappa shape index (κ1) is 30.0. The van der Waals surface area contributed by atoms with Gasteiger partial charge in [-0.25, -0.2) is 12.7 Å². The Hall–Kier alpha value is -4.71. The van der Waals surface area contributed by atoms with Crippen LogP contribution in [0.15, 0.2) is 102 Å². The Morgan fingerprint density at radius 2 is 1.57 bits per heavy atom. The number of carbonyl (C=O) groups excluding carboxylic acids is 1. The van der Waals surface area contributed by atoms with Gasteiger partial charge in [0.15, 0.2) is 17.0 Å². The van der Waals surface area contributed by atoms with Gasteiger partial charge in [-0.2, -0.15) is 0 Å². The predicted octanol–water partition coefficient (Wildman–Crippen LogP) is 5.10. The summed E-state index contributed by atoms with van der Waals surface area (Å²) in [7, 11) is -1.41. The molecule has 3 aromatic carbocycles. The monoisotopic (exact) mass is 655 g/mol. The Morgan fingerprint density at radius 1 is 0.826 bits per heavy atom. The van der Waals surface area contributed by atoms with Gasteiger partial charge in [-0.1, -0.05) is 35.9 Å². The lowest BCUT2D eigenvalue weighted by atomic mass is 9.81. The molecule has 1 atom stereocenters. The van der Waals surface area contributed by atoms with E-state index in [-0.39, 0.29) is 16.1 Å². The van der Waals surface area contributed by atoms with E-state index in [4.69, 9.17) is 21.1 Å². The Labute approximate surface area is 271 Å². The number of carbonyl (C=O) groups is 1. The molecular formula is C34H30ClN5O5S. The van der Waals surface area contributed by atoms with Gasteiger partial charge in [-0.05, 0) is 60.2 Å². The maximum atomic E-state index is 15.3. The van der Waals surface area contributed by atoms with E-state index in [9.17, 15) is 8.42 Å². The van der Waals surface area contributed by atoms with E-state index in [2.05, 4.69) is 14.9 Å². The number of sulfonamides is 1. The SMILES string of the molecule is COc1ccc(C2(N3CCN(c4ccncc4)CC3)C(=O)N(S(=O)(=O)c3cccc4cccnc34)c3ccc(Cl)cc32)cc1OC. The highest BCUT2D eigenvalue weighted by Crippen LogP contribution is 2.52. The molecule has 1 fully saturated rings. The van der Waals surface area contributed by atoms with Gasteiger partial charge in [0.1, 0.15) is 4.90 Å². The zero-order valence-electron chi connectivity index (χ0n) is 25.1. The number of piperazine rings is 1. The summed E-state index contributed by atoms with van der Waals surface area (Å²) in [6, 6.07) is 22.5. The molecule has 2 aromatic heterocycles. The molecule has 0 bridgehead atoms. The van der Waals surface area contributed by atoms with Crippen molar-refractivity contribution < 1.29 is 22.7 Å². The van der Waals surface area contributed by atoms with Crippen molar-refractivity contribution >= 4 is 49.8 Å². The second-order valence-electron chi connectivity index (χ2n) is 11.0. The highest BCUT2D eigenvalue weighted by atomic mass is 35.5. The van der Waals surface area contributed by atoms with Gasteiger partial charge in [0.25, 0.3) is 15.9 Å². The number of anilines is 2. The summed E-state index contributed by atoms with van der Waals surface area (Å²) < 4.78 is 41.6. The maximum Gasteiger partial charge on any atom is 0.273 e. The molecule has 1 amide bonds. The average Bonchev–Trinajstić information content (AvgIpc) is 3.36. The minimum atomic E-state index is -4.46. The number of amides is 1. The largest absolute Gasteiger partial charge is 0.493 e. The third-order valence-electron chi connectivity index (χ3n) is 8.76. The second kappa shape index (κ2) is 11.6. The standard InChI is InChI=1S/C34H30ClN5O5S/c1-44-29-11-8-24(21-30(29)45-2)34(39-19-17-38(18-20-39)26-12-15-36-16-13-26)27-22-25(35)9-10-28(27)40(33(34)41)46(42,43)31-7-3-5-23-6-4-14-37-32(23)31/h3-16,21-22H,17-20H2,1-2H3. The molecule has 7 rings (SSSR count). The Balaban J connectivity index is 1.44. The number of hydrogen-bond donors (Lipinski definition) is 0. The minimum absolute atomic E-state index is 0.0644. The number of pyridine rings is 2. The molecule has 0 saturated carbocycles. The molecule has 1 unspecified atom stereocenters. The summed E-state index contributed by atoms with van der Waals surface area (Å²) in [5, 5.41) is 1.02. The van der Waals surface area contributed by atoms with Crippen molar-refractivity contribution in [2.45, 2.75) is 10.4 Å². The van der Waals surface area contributed by atoms with E-state index >= 15 is 4.79 Å². The second-order valence-corrected chi connectivity index (χ2v) is 13.2. The Morgan fingerprint density at radius 3 is 2.30 bits per heavy atom. The Kier molecular flexibility index (Phi) is 7.54. The van der Waals surface area contributed by atoms with Crippen LogP contribution < -0.4 is 18.7 Å². The lowest BCUT2D eigenvalue weighted by molar-refractivity contribution is -0.126. The summed E-state index contributed by atoms with van der Waals surface area (Å²) >= 11 is 6.62. The van der Waals surface area contributed by atoms with Gasteiger partial charge in [0.2, 0.25) is 0 Å². The van der Waals surface area contributed by atoms with Gasteiger partial charge in [0.05, 0.1) is 25.4 Å². The molecule has 5 aromatic rings. The zero-order valence-corrected chi connectivity index (χ0v) is 26.7. The maximum absolute atomic E-state index is 15.3. The summed E-state index contributed by atoms with van der Waals surface area (Å²) in [5.41, 5.74) is 0.964. The van der Waals surface area contributed by atoms with Crippen LogP contribution in [0.25, 0.3) is 10.9 Å². The van der Waals surface area contributed by atoms with E-state index in [0.717, 1.165) is 9.99 Å². The quantitative estimate of drug-likeness (QED) is 0.237. The number of fused-ring (bicyclic) bond motifs is 2. The van der Waals surface area contributed by atoms with Crippen molar-refractivity contribution in [2.75, 3.05) is 49.6 Å². The van der Waals surface area contributed by atoms with Crippen molar-refractivity contribution in [3.63, 3.8) is 0 Å². The topological polar surface area (TPSA) is 105 Å². The Bertz CT molecular complexity index is 2070. The van der Waals surface area contributed by atoms with Crippen molar-refractivity contribution in [1.29, 1.82) is 0 Å². The van der Waals surface area contributed by atoms with Crippen LogP contribution in [0.3, 0.4) is 0 Å². The van der Waals surface area contributed by atoms with Crippen molar-refractivity contribution in [3.05, 3.63) is 114 Å². The lowest BCUT2D eigenvalue weighted by Crippen LogP contribution is -2.60. The molecule has 2 aliphatic rings. The predicted molar refractivity (Wildman–Crippen MR) is 176 cm³/mol. The highest BCUT2D eigenvalue weighted by molar-refractivity contribution is 7.93. The number of nitrogens with zero attached hydrogens (tertiary/aromatic N) is 5. The van der Waals surface area contributed by atoms with Gasteiger partial charge in [0, 0.05) is 66.4 Å². The van der Waals surface area contributed by atoms with Crippen LogP contribution in [0.2, 0.25) is 5.02 Å². The number of methoxy groups -OCH3 is 2. The molecule has 0 N–H and O–H groups in total. The van der Waals surface area contributed by atoms with Crippen LogP contribution in [-0.4, -0.2) is 69.6 Å². The minimum Gasteiger partial charge on any atom is -0.493 e. The molecule has 4 heterocycles. The zero-order chi connectivity index (χ0) is 32.1. The van der Waals surface area contributed by atoms with Gasteiger partial charge in [-0.15, -0.1) is 0 Å². The number of halogens is 1. The van der Waals surface area contributed by atoms with Crippen molar-refractivity contribution in [3.8, 4) is 11.5 Å². The first-order chi connectivity index (χ1) is 22.3. The molecular weight excluding hydrogens is 626 g/mol. The first-order valence-corrected chi connectivity index (χ1v) is 16.5. The van der Waals surface area contributed by atoms with Crippen molar-refractivity contribution in [1.82, 2.24) is 14.9 Å². The van der Waals surface area contributed by atoms with Crippen LogP contribution in [0.4, 0.5) is 11.4 Å². The number of aromatic nitrogens is 2. The average molecular weight is 656 g/mol. The third-order valence-corrected chi connectivity index (χ3v) is 10.7. The summed E-state index contributed by atoms with van der Waals surface area (Å²) in [5.74, 6) is 0.250. The smallest absolute Gasteiger partial charge is 0.273 e. The highest BCUT2D eigenvalue weighted by Gasteiger charge is 2.60. The van der Waals surface area contributed by atoms with Crippen LogP contribution >= 0.6 is 11.6 Å². The number of para-hydroxylation sites is 1. The van der Waals surface area contributed by atoms with Gasteiger partial charge < -0.3 is 14.4 Å². The van der Waals surface area contributed by atoms with E-state index < -0.39 is 21.5 Å². The normalized spacial score (nSPS) is 18.5. The summed E-state index contributed by atoms with van der Waals surface area (Å²) in [6.45, 7) is 2.06. The molecule has 0 aliphatic carbocycles. The fourth-order valence-corrected chi connectivity index (χ4v) is 8.45. The number of ether oxygens (including phenoxy) is 2. The van der Waals surface area contributed by atoms with Gasteiger partial charge >= 0.3 is 0 Å². The molecule has 0 radical (unpaired) electrons. The first-order valence-electron chi connectivity index (χ1n) is 14.7. The van der Waals surface area contributed by atoms with E-state index in [1.807, 2.05) is 17.0 Å². The number of hydrogen-bond acceptors (Lipinski definition) is 9. The van der Waals surface area contributed by atoms with Crippen LogP contribution in [0, 0.1) is 0 Å². The van der Waals surface area contributed by atoms with E-state index in [1.165, 1.54) is 26.5 Å². The summed E-state index contributed by atoms with van der Waals surface area (Å²) in [4.78, 5) is 28.0. The molecule has 0 spiro atoms. The summed E-state index contributed by atoms with van der Waals surface area (Å²) in [6.07, 6.45) is 5.03. The van der Waals surface area contributed by atoms with Crippen LogP contribution in [0.1, 0.15) is 11.1 Å². The molecule has 12 heteroatoms. The van der Waals surface area contributed by atoms with Gasteiger partial charge in [-0.3, -0.25) is 19.7 Å². The lowest BCUT2D eigenvalue weighted by Gasteiger charge is -2.45. The fraction of sp³-hybridized carbons (Fsp3) is 0.206. The molecule has 46 heavy (non-hydrogen) atoms. The van der Waals surface area contributed by atoms with E-state index in [1.54, 1.807) is 73.1 Å². The molecule has 10 nitrogen and oxygen atoms in total. The van der Waals surface area contributed by atoms with E-state index in [0.29, 0.717) is 59.2 Å². The van der Waals surface area contributed by atoms with Crippen molar-refractivity contribution in [2.24, 2.45) is 0 Å². The number of rotatable bonds is 7. The van der Waals surface area contributed by atoms with Crippen LogP contribution in [0.5, 0.6) is 11.5 Å².